The van der Waals surface area contributed by atoms with Crippen molar-refractivity contribution in [2.45, 2.75) is 49.5 Å². The van der Waals surface area contributed by atoms with Crippen LogP contribution in [0.4, 0.5) is 4.79 Å². The molecule has 1 aromatic carbocycles. The van der Waals surface area contributed by atoms with Crippen molar-refractivity contribution in [1.29, 1.82) is 0 Å². The van der Waals surface area contributed by atoms with Gasteiger partial charge in [-0.3, -0.25) is 9.59 Å². The van der Waals surface area contributed by atoms with Crippen LogP contribution >= 0.6 is 11.8 Å². The van der Waals surface area contributed by atoms with Crippen LogP contribution in [0.15, 0.2) is 29.2 Å². The predicted molar refractivity (Wildman–Crippen MR) is 116 cm³/mol. The third-order valence-corrected chi connectivity index (χ3v) is 6.66. The molecular formula is C22H31N3O4S. The van der Waals surface area contributed by atoms with Crippen LogP contribution in [0.2, 0.25) is 0 Å². The minimum Gasteiger partial charge on any atom is -0.450 e. The summed E-state index contributed by atoms with van der Waals surface area (Å²) in [6, 6.07) is 8.40. The molecule has 2 saturated heterocycles. The van der Waals surface area contributed by atoms with Crippen molar-refractivity contribution in [2.75, 3.05) is 39.0 Å². The number of thioether (sulfide) groups is 1. The zero-order valence-electron chi connectivity index (χ0n) is 17.8. The van der Waals surface area contributed by atoms with E-state index >= 15 is 0 Å². The van der Waals surface area contributed by atoms with E-state index < -0.39 is 0 Å². The SMILES string of the molecule is CCOC(=O)N1CCN(C(=O)CC[C@]2(Cc3ccc(SC)cc3)CCC(=O)N2)CC1. The smallest absolute Gasteiger partial charge is 0.409 e. The Balaban J connectivity index is 1.55. The summed E-state index contributed by atoms with van der Waals surface area (Å²) in [5.41, 5.74) is 0.811. The van der Waals surface area contributed by atoms with Crippen molar-refractivity contribution >= 4 is 29.7 Å². The van der Waals surface area contributed by atoms with Crippen molar-refractivity contribution < 1.29 is 19.1 Å². The van der Waals surface area contributed by atoms with E-state index in [1.807, 2.05) is 11.2 Å². The van der Waals surface area contributed by atoms with E-state index in [2.05, 4.69) is 29.6 Å². The summed E-state index contributed by atoms with van der Waals surface area (Å²) < 4.78 is 5.03. The highest BCUT2D eigenvalue weighted by molar-refractivity contribution is 7.98. The Morgan fingerprint density at radius 3 is 2.37 bits per heavy atom. The van der Waals surface area contributed by atoms with Crippen LogP contribution in [0.5, 0.6) is 0 Å². The molecule has 2 heterocycles. The fraction of sp³-hybridized carbons (Fsp3) is 0.591. The Morgan fingerprint density at radius 2 is 1.80 bits per heavy atom. The van der Waals surface area contributed by atoms with Gasteiger partial charge in [-0.25, -0.2) is 4.79 Å². The van der Waals surface area contributed by atoms with Crippen molar-refractivity contribution in [1.82, 2.24) is 15.1 Å². The molecule has 164 valence electrons. The van der Waals surface area contributed by atoms with Gasteiger partial charge in [0.25, 0.3) is 0 Å². The van der Waals surface area contributed by atoms with Crippen LogP contribution in [-0.4, -0.2) is 72.3 Å². The monoisotopic (exact) mass is 433 g/mol. The largest absolute Gasteiger partial charge is 0.450 e. The lowest BCUT2D eigenvalue weighted by atomic mass is 9.85. The van der Waals surface area contributed by atoms with Crippen molar-refractivity contribution in [3.05, 3.63) is 29.8 Å². The highest BCUT2D eigenvalue weighted by atomic mass is 32.2. The van der Waals surface area contributed by atoms with E-state index in [0.29, 0.717) is 52.0 Å². The number of nitrogens with zero attached hydrogens (tertiary/aromatic N) is 2. The maximum atomic E-state index is 12.8. The zero-order chi connectivity index (χ0) is 21.6. The molecule has 7 nitrogen and oxygen atoms in total. The van der Waals surface area contributed by atoms with Crippen LogP contribution in [0.25, 0.3) is 0 Å². The Labute approximate surface area is 182 Å². The van der Waals surface area contributed by atoms with Crippen molar-refractivity contribution in [3.8, 4) is 0 Å². The molecule has 2 aliphatic heterocycles. The van der Waals surface area contributed by atoms with Crippen molar-refractivity contribution in [2.24, 2.45) is 0 Å². The third-order valence-electron chi connectivity index (χ3n) is 5.91. The fourth-order valence-corrected chi connectivity index (χ4v) is 4.58. The highest BCUT2D eigenvalue weighted by Crippen LogP contribution is 2.30. The minimum absolute atomic E-state index is 0.0613. The number of nitrogens with one attached hydrogen (secondary N) is 1. The number of ether oxygens (including phenoxy) is 1. The van der Waals surface area contributed by atoms with E-state index in [0.717, 1.165) is 12.8 Å². The quantitative estimate of drug-likeness (QED) is 0.669. The summed E-state index contributed by atoms with van der Waals surface area (Å²) in [6.45, 7) is 4.17. The van der Waals surface area contributed by atoms with E-state index in [1.54, 1.807) is 23.6 Å². The first-order chi connectivity index (χ1) is 14.4. The normalized spacial score (nSPS) is 21.5. The summed E-state index contributed by atoms with van der Waals surface area (Å²) in [5, 5.41) is 3.15. The fourth-order valence-electron chi connectivity index (χ4n) is 4.17. The van der Waals surface area contributed by atoms with Crippen LogP contribution < -0.4 is 5.32 Å². The molecular weight excluding hydrogens is 402 g/mol. The molecule has 3 rings (SSSR count). The molecule has 1 N–H and O–H groups in total. The van der Waals surface area contributed by atoms with E-state index in [4.69, 9.17) is 4.74 Å². The molecule has 0 aliphatic carbocycles. The van der Waals surface area contributed by atoms with Crippen LogP contribution in [-0.2, 0) is 20.7 Å². The number of carbonyl (C=O) groups excluding carboxylic acids is 3. The molecule has 0 radical (unpaired) electrons. The lowest BCUT2D eigenvalue weighted by Crippen LogP contribution is -2.51. The van der Waals surface area contributed by atoms with Crippen LogP contribution in [0.3, 0.4) is 0 Å². The minimum atomic E-state index is -0.361. The van der Waals surface area contributed by atoms with Gasteiger partial charge >= 0.3 is 6.09 Å². The number of hydrogen-bond acceptors (Lipinski definition) is 5. The van der Waals surface area contributed by atoms with E-state index in [9.17, 15) is 14.4 Å². The van der Waals surface area contributed by atoms with E-state index in [1.165, 1.54) is 10.5 Å². The molecule has 0 bridgehead atoms. The van der Waals surface area contributed by atoms with Crippen molar-refractivity contribution in [3.63, 3.8) is 0 Å². The van der Waals surface area contributed by atoms with Crippen LogP contribution in [0.1, 0.15) is 38.2 Å². The van der Waals surface area contributed by atoms with Gasteiger partial charge in [0.15, 0.2) is 0 Å². The first-order valence-corrected chi connectivity index (χ1v) is 11.8. The summed E-state index contributed by atoms with van der Waals surface area (Å²) in [6.07, 6.45) is 4.74. The molecule has 1 aromatic rings. The summed E-state index contributed by atoms with van der Waals surface area (Å²) in [5.74, 6) is 0.142. The Bertz CT molecular complexity index is 762. The molecule has 2 aliphatic rings. The molecule has 2 fully saturated rings. The van der Waals surface area contributed by atoms with Gasteiger partial charge in [-0.15, -0.1) is 11.8 Å². The number of rotatable bonds is 7. The Kier molecular flexibility index (Phi) is 7.64. The second-order valence-corrected chi connectivity index (χ2v) is 8.80. The van der Waals surface area contributed by atoms with Gasteiger partial charge in [0.05, 0.1) is 6.61 Å². The Morgan fingerprint density at radius 1 is 1.13 bits per heavy atom. The van der Waals surface area contributed by atoms with Gasteiger partial charge in [-0.05, 0) is 50.1 Å². The van der Waals surface area contributed by atoms with Crippen LogP contribution in [0, 0.1) is 0 Å². The molecule has 0 spiro atoms. The lowest BCUT2D eigenvalue weighted by molar-refractivity contribution is -0.133. The first kappa shape index (κ1) is 22.5. The number of benzene rings is 1. The van der Waals surface area contributed by atoms with Gasteiger partial charge in [-0.2, -0.15) is 0 Å². The summed E-state index contributed by atoms with van der Waals surface area (Å²) in [4.78, 5) is 41.3. The number of amides is 3. The molecule has 1 atom stereocenters. The van der Waals surface area contributed by atoms with Gasteiger partial charge < -0.3 is 19.9 Å². The third kappa shape index (κ3) is 5.68. The maximum Gasteiger partial charge on any atom is 0.409 e. The van der Waals surface area contributed by atoms with Gasteiger partial charge in [-0.1, -0.05) is 12.1 Å². The average Bonchev–Trinajstić information content (AvgIpc) is 3.13. The average molecular weight is 434 g/mol. The molecule has 0 saturated carbocycles. The van der Waals surface area contributed by atoms with Gasteiger partial charge in [0, 0.05) is 49.5 Å². The highest BCUT2D eigenvalue weighted by Gasteiger charge is 2.38. The van der Waals surface area contributed by atoms with Gasteiger partial charge in [0.2, 0.25) is 11.8 Å². The standard InChI is InChI=1S/C22H31N3O4S/c1-3-29-21(28)25-14-12-24(13-15-25)20(27)9-11-22(10-8-19(26)23-22)16-17-4-6-18(30-2)7-5-17/h4-7H,3,8-16H2,1-2H3,(H,23,26)/t22-/m0/s1. The van der Waals surface area contributed by atoms with E-state index in [-0.39, 0.29) is 23.4 Å². The first-order valence-electron chi connectivity index (χ1n) is 10.6. The maximum absolute atomic E-state index is 12.8. The number of piperazine rings is 1. The predicted octanol–water partition coefficient (Wildman–Crippen LogP) is 2.68. The summed E-state index contributed by atoms with van der Waals surface area (Å²) >= 11 is 1.70. The molecule has 30 heavy (non-hydrogen) atoms. The molecule has 3 amide bonds. The topological polar surface area (TPSA) is 79.0 Å². The molecule has 8 heteroatoms. The zero-order valence-corrected chi connectivity index (χ0v) is 18.6. The number of carbonyl (C=O) groups is 3. The molecule has 0 aromatic heterocycles. The summed E-state index contributed by atoms with van der Waals surface area (Å²) in [7, 11) is 0. The van der Waals surface area contributed by atoms with Gasteiger partial charge in [0.1, 0.15) is 0 Å². The molecule has 0 unspecified atom stereocenters. The second kappa shape index (κ2) is 10.2. The number of hydrogen-bond donors (Lipinski definition) is 1. The lowest BCUT2D eigenvalue weighted by Gasteiger charge is -2.35. The Hall–Kier alpha value is -2.22. The second-order valence-electron chi connectivity index (χ2n) is 7.92.